The summed E-state index contributed by atoms with van der Waals surface area (Å²) in [7, 11) is 0. The molecular weight excluding hydrogens is 246 g/mol. The van der Waals surface area contributed by atoms with Crippen LogP contribution in [0.4, 0.5) is 0 Å². The van der Waals surface area contributed by atoms with Crippen LogP contribution in [0.1, 0.15) is 26.2 Å². The average Bonchev–Trinajstić information content (AvgIpc) is 2.88. The predicted molar refractivity (Wildman–Crippen MR) is 68.4 cm³/mol. The minimum absolute atomic E-state index is 0.00476. The molecule has 0 saturated carbocycles. The van der Waals surface area contributed by atoms with Crippen molar-refractivity contribution in [1.82, 2.24) is 14.5 Å². The van der Waals surface area contributed by atoms with E-state index in [1.807, 2.05) is 17.7 Å². The Morgan fingerprint density at radius 3 is 2.84 bits per heavy atom. The Balaban J connectivity index is 1.84. The van der Waals surface area contributed by atoms with Crippen LogP contribution in [-0.4, -0.2) is 44.0 Å². The third kappa shape index (κ3) is 3.33. The largest absolute Gasteiger partial charge is 0.481 e. The molecule has 6 nitrogen and oxygen atoms in total. The molecule has 2 rings (SSSR count). The minimum atomic E-state index is -0.752. The van der Waals surface area contributed by atoms with Gasteiger partial charge in [0.25, 0.3) is 0 Å². The lowest BCUT2D eigenvalue weighted by atomic mass is 9.91. The topological polar surface area (TPSA) is 75.4 Å². The van der Waals surface area contributed by atoms with Crippen molar-refractivity contribution in [2.75, 3.05) is 6.54 Å². The zero-order valence-electron chi connectivity index (χ0n) is 11.0. The molecule has 1 saturated heterocycles. The molecule has 2 atom stereocenters. The fourth-order valence-corrected chi connectivity index (χ4v) is 2.55. The monoisotopic (exact) mass is 265 g/mol. The minimum Gasteiger partial charge on any atom is -0.481 e. The quantitative estimate of drug-likeness (QED) is 0.880. The number of hydrogen-bond acceptors (Lipinski definition) is 3. The lowest BCUT2D eigenvalue weighted by Gasteiger charge is -2.36. The van der Waals surface area contributed by atoms with Gasteiger partial charge in [-0.15, -0.1) is 0 Å². The Morgan fingerprint density at radius 1 is 1.47 bits per heavy atom. The van der Waals surface area contributed by atoms with Crippen molar-refractivity contribution in [3.63, 3.8) is 0 Å². The third-order valence-corrected chi connectivity index (χ3v) is 3.69. The molecule has 19 heavy (non-hydrogen) atoms. The number of amides is 1. The van der Waals surface area contributed by atoms with Gasteiger partial charge < -0.3 is 14.6 Å². The van der Waals surface area contributed by atoms with Crippen molar-refractivity contribution < 1.29 is 14.7 Å². The average molecular weight is 265 g/mol. The highest BCUT2D eigenvalue weighted by Crippen LogP contribution is 2.23. The highest BCUT2D eigenvalue weighted by Gasteiger charge is 2.31. The molecule has 0 aromatic carbocycles. The molecule has 2 unspecified atom stereocenters. The number of aromatic nitrogens is 2. The molecule has 1 aliphatic rings. The van der Waals surface area contributed by atoms with Crippen LogP contribution in [0.15, 0.2) is 18.7 Å². The van der Waals surface area contributed by atoms with E-state index in [2.05, 4.69) is 4.98 Å². The zero-order valence-corrected chi connectivity index (χ0v) is 11.0. The number of likely N-dealkylation sites (tertiary alicyclic amines) is 1. The van der Waals surface area contributed by atoms with Crippen LogP contribution in [0.2, 0.25) is 0 Å². The summed E-state index contributed by atoms with van der Waals surface area (Å²) in [5.41, 5.74) is 0. The van der Waals surface area contributed by atoms with Gasteiger partial charge in [0.1, 0.15) is 0 Å². The summed E-state index contributed by atoms with van der Waals surface area (Å²) in [4.78, 5) is 28.8. The van der Waals surface area contributed by atoms with Crippen molar-refractivity contribution in [2.24, 2.45) is 5.92 Å². The van der Waals surface area contributed by atoms with E-state index in [1.165, 1.54) is 0 Å². The second kappa shape index (κ2) is 5.86. The van der Waals surface area contributed by atoms with Gasteiger partial charge in [-0.3, -0.25) is 9.59 Å². The molecule has 1 aliphatic heterocycles. The molecule has 1 fully saturated rings. The highest BCUT2D eigenvalue weighted by atomic mass is 16.4. The molecule has 1 amide bonds. The van der Waals surface area contributed by atoms with Crippen molar-refractivity contribution >= 4 is 11.9 Å². The summed E-state index contributed by atoms with van der Waals surface area (Å²) in [5, 5.41) is 9.00. The van der Waals surface area contributed by atoms with Crippen molar-refractivity contribution in [3.05, 3.63) is 18.7 Å². The molecule has 6 heteroatoms. The standard InChI is InChI=1S/C13H19N3O3/c1-10-8-11(13(18)19)2-6-16(10)12(17)3-5-15-7-4-14-9-15/h4,7,9-11H,2-3,5-6,8H2,1H3,(H,18,19). The van der Waals surface area contributed by atoms with Crippen LogP contribution in [0.25, 0.3) is 0 Å². The van der Waals surface area contributed by atoms with Gasteiger partial charge in [0, 0.05) is 37.9 Å². The Morgan fingerprint density at radius 2 is 2.26 bits per heavy atom. The summed E-state index contributed by atoms with van der Waals surface area (Å²) in [5.74, 6) is -0.977. The molecule has 104 valence electrons. The Kier molecular flexibility index (Phi) is 4.19. The van der Waals surface area contributed by atoms with Crippen LogP contribution < -0.4 is 0 Å². The zero-order chi connectivity index (χ0) is 13.8. The number of nitrogens with zero attached hydrogens (tertiary/aromatic N) is 3. The van der Waals surface area contributed by atoms with E-state index in [0.717, 1.165) is 0 Å². The van der Waals surface area contributed by atoms with Gasteiger partial charge in [-0.2, -0.15) is 0 Å². The van der Waals surface area contributed by atoms with Crippen molar-refractivity contribution in [3.8, 4) is 0 Å². The van der Waals surface area contributed by atoms with Crippen LogP contribution in [-0.2, 0) is 16.1 Å². The lowest BCUT2D eigenvalue weighted by molar-refractivity contribution is -0.147. The van der Waals surface area contributed by atoms with E-state index in [1.54, 1.807) is 17.4 Å². The molecule has 2 heterocycles. The number of rotatable bonds is 4. The summed E-state index contributed by atoms with van der Waals surface area (Å²) < 4.78 is 1.87. The molecule has 0 spiro atoms. The van der Waals surface area contributed by atoms with Gasteiger partial charge in [-0.25, -0.2) is 4.98 Å². The number of carbonyl (C=O) groups is 2. The first kappa shape index (κ1) is 13.6. The summed E-state index contributed by atoms with van der Waals surface area (Å²) in [6, 6.07) is 0.00476. The Hall–Kier alpha value is -1.85. The van der Waals surface area contributed by atoms with Gasteiger partial charge in [0.15, 0.2) is 0 Å². The fraction of sp³-hybridized carbons (Fsp3) is 0.615. The molecule has 1 aromatic heterocycles. The van der Waals surface area contributed by atoms with Crippen LogP contribution >= 0.6 is 0 Å². The number of aliphatic carboxylic acids is 1. The Labute approximate surface area is 112 Å². The normalized spacial score (nSPS) is 23.3. The first-order valence-corrected chi connectivity index (χ1v) is 6.56. The van der Waals surface area contributed by atoms with Crippen LogP contribution in [0, 0.1) is 5.92 Å². The van der Waals surface area contributed by atoms with Crippen LogP contribution in [0.5, 0.6) is 0 Å². The summed E-state index contributed by atoms with van der Waals surface area (Å²) in [6.07, 6.45) is 6.73. The number of aryl methyl sites for hydroxylation is 1. The van der Waals surface area contributed by atoms with Crippen molar-refractivity contribution in [1.29, 1.82) is 0 Å². The molecule has 1 aromatic rings. The molecular formula is C13H19N3O3. The molecule has 0 aliphatic carbocycles. The maximum absolute atomic E-state index is 12.1. The number of carboxylic acids is 1. The van der Waals surface area contributed by atoms with Gasteiger partial charge in [-0.1, -0.05) is 0 Å². The molecule has 0 radical (unpaired) electrons. The van der Waals surface area contributed by atoms with E-state index < -0.39 is 5.97 Å². The Bertz CT molecular complexity index is 444. The van der Waals surface area contributed by atoms with E-state index in [4.69, 9.17) is 5.11 Å². The van der Waals surface area contributed by atoms with E-state index >= 15 is 0 Å². The highest BCUT2D eigenvalue weighted by molar-refractivity contribution is 5.77. The first-order valence-electron chi connectivity index (χ1n) is 6.56. The van der Waals surface area contributed by atoms with Gasteiger partial charge in [0.2, 0.25) is 5.91 Å². The van der Waals surface area contributed by atoms with Gasteiger partial charge in [0.05, 0.1) is 12.2 Å². The summed E-state index contributed by atoms with van der Waals surface area (Å²) >= 11 is 0. The number of carboxylic acid groups (broad SMARTS) is 1. The molecule has 0 bridgehead atoms. The maximum Gasteiger partial charge on any atom is 0.306 e. The van der Waals surface area contributed by atoms with Gasteiger partial charge >= 0.3 is 5.97 Å². The number of piperidine rings is 1. The molecule has 1 N–H and O–H groups in total. The summed E-state index contributed by atoms with van der Waals surface area (Å²) in [6.45, 7) is 3.08. The number of hydrogen-bond donors (Lipinski definition) is 1. The van der Waals surface area contributed by atoms with Crippen LogP contribution in [0.3, 0.4) is 0 Å². The maximum atomic E-state index is 12.1. The second-order valence-corrected chi connectivity index (χ2v) is 5.05. The number of imidazole rings is 1. The van der Waals surface area contributed by atoms with Crippen molar-refractivity contribution in [2.45, 2.75) is 38.8 Å². The second-order valence-electron chi connectivity index (χ2n) is 5.05. The number of carbonyl (C=O) groups excluding carboxylic acids is 1. The van der Waals surface area contributed by atoms with E-state index in [9.17, 15) is 9.59 Å². The lowest BCUT2D eigenvalue weighted by Crippen LogP contribution is -2.46. The predicted octanol–water partition coefficient (Wildman–Crippen LogP) is 0.985. The van der Waals surface area contributed by atoms with Gasteiger partial charge in [-0.05, 0) is 19.8 Å². The smallest absolute Gasteiger partial charge is 0.306 e. The SMILES string of the molecule is CC1CC(C(=O)O)CCN1C(=O)CCn1ccnc1. The third-order valence-electron chi connectivity index (χ3n) is 3.69. The first-order chi connectivity index (χ1) is 9.08. The van der Waals surface area contributed by atoms with E-state index in [0.29, 0.717) is 32.4 Å². The van der Waals surface area contributed by atoms with E-state index in [-0.39, 0.29) is 17.9 Å². The fourth-order valence-electron chi connectivity index (χ4n) is 2.55.